The molecule has 0 radical (unpaired) electrons. The number of Topliss-reactive ketones (excluding diaryl/α,β-unsaturated/α-hetero) is 1. The first-order valence-electron chi connectivity index (χ1n) is 13.0. The van der Waals surface area contributed by atoms with Crippen LogP contribution < -0.4 is 35.3 Å². The van der Waals surface area contributed by atoms with E-state index in [1.165, 1.54) is 27.4 Å². The molecule has 0 aliphatic carbocycles. The molecule has 3 aromatic carbocycles. The van der Waals surface area contributed by atoms with Crippen molar-refractivity contribution in [3.8, 4) is 23.0 Å². The first-order valence-corrected chi connectivity index (χ1v) is 13.0. The highest BCUT2D eigenvalue weighted by molar-refractivity contribution is 6.06. The lowest BCUT2D eigenvalue weighted by atomic mass is 9.94. The minimum atomic E-state index is -1.05. The number of aliphatic carboxylic acids is 1. The maximum absolute atomic E-state index is 13.2. The van der Waals surface area contributed by atoms with Crippen LogP contribution in [0.15, 0.2) is 54.6 Å². The van der Waals surface area contributed by atoms with Crippen molar-refractivity contribution >= 4 is 34.9 Å². The van der Waals surface area contributed by atoms with Crippen molar-refractivity contribution in [2.45, 2.75) is 31.4 Å². The van der Waals surface area contributed by atoms with Gasteiger partial charge in [0.05, 0.1) is 33.8 Å². The normalized spacial score (nSPS) is 14.6. The third kappa shape index (κ3) is 6.61. The van der Waals surface area contributed by atoms with Gasteiger partial charge in [0.2, 0.25) is 11.7 Å². The zero-order valence-corrected chi connectivity index (χ0v) is 23.3. The number of carboxylic acids is 1. The lowest BCUT2D eigenvalue weighted by Gasteiger charge is -2.28. The molecule has 0 bridgehead atoms. The number of hydrogen-bond donors (Lipinski definition) is 4. The smallest absolute Gasteiger partial charge is 0.303 e. The van der Waals surface area contributed by atoms with E-state index in [1.54, 1.807) is 48.5 Å². The number of methoxy groups -OCH3 is 3. The van der Waals surface area contributed by atoms with E-state index in [9.17, 15) is 19.2 Å². The van der Waals surface area contributed by atoms with Gasteiger partial charge in [-0.1, -0.05) is 18.2 Å². The molecule has 220 valence electrons. The topological polar surface area (TPSA) is 176 Å². The first kappa shape index (κ1) is 29.9. The molecule has 0 fully saturated rings. The average Bonchev–Trinajstić information content (AvgIpc) is 2.98. The van der Waals surface area contributed by atoms with Gasteiger partial charge in [-0.3, -0.25) is 19.2 Å². The Bertz CT molecular complexity index is 1520. The van der Waals surface area contributed by atoms with Gasteiger partial charge in [0.1, 0.15) is 17.4 Å². The number of carboxylic acid groups (broad SMARTS) is 1. The van der Waals surface area contributed by atoms with E-state index in [4.69, 9.17) is 29.8 Å². The Balaban J connectivity index is 1.48. The fraction of sp³-hybridized carbons (Fsp3) is 0.267. The van der Waals surface area contributed by atoms with Gasteiger partial charge < -0.3 is 40.4 Å². The third-order valence-corrected chi connectivity index (χ3v) is 6.63. The number of ketones is 1. The molecule has 4 rings (SSSR count). The van der Waals surface area contributed by atoms with Crippen molar-refractivity contribution in [3.63, 3.8) is 0 Å². The second-order valence-corrected chi connectivity index (χ2v) is 9.44. The number of hydrogen-bond acceptors (Lipinski definition) is 9. The molecule has 12 nitrogen and oxygen atoms in total. The number of amides is 2. The summed E-state index contributed by atoms with van der Waals surface area (Å²) >= 11 is 0. The Morgan fingerprint density at radius 3 is 2.33 bits per heavy atom. The Kier molecular flexibility index (Phi) is 9.28. The monoisotopic (exact) mass is 577 g/mol. The van der Waals surface area contributed by atoms with Crippen molar-refractivity contribution in [1.29, 1.82) is 0 Å². The van der Waals surface area contributed by atoms with E-state index >= 15 is 0 Å². The number of carbonyl (C=O) groups excluding carboxylic acids is 3. The molecule has 1 aliphatic rings. The summed E-state index contributed by atoms with van der Waals surface area (Å²) in [5, 5.41) is 14.2. The SMILES string of the molecule is COc1cc2c(c(OC)c1OC)C(=O)CC(c1cccc(NC(=O)c3cccc(NC(=O)[C@@H](N)CCC(=O)O)c3)c1)O2. The molecule has 0 aromatic heterocycles. The summed E-state index contributed by atoms with van der Waals surface area (Å²) in [5.41, 5.74) is 7.76. The molecule has 0 spiro atoms. The number of carbonyl (C=O) groups is 4. The highest BCUT2D eigenvalue weighted by Gasteiger charge is 2.34. The summed E-state index contributed by atoms with van der Waals surface area (Å²) in [4.78, 5) is 49.3. The number of ether oxygens (including phenoxy) is 4. The van der Waals surface area contributed by atoms with Crippen LogP contribution in [0.2, 0.25) is 0 Å². The van der Waals surface area contributed by atoms with Gasteiger partial charge >= 0.3 is 5.97 Å². The highest BCUT2D eigenvalue weighted by Crippen LogP contribution is 2.49. The van der Waals surface area contributed by atoms with Crippen LogP contribution in [0, 0.1) is 0 Å². The summed E-state index contributed by atoms with van der Waals surface area (Å²) in [5.74, 6) is -1.07. The van der Waals surface area contributed by atoms with Crippen molar-refractivity contribution < 1.29 is 43.2 Å². The van der Waals surface area contributed by atoms with Crippen molar-refractivity contribution in [3.05, 3.63) is 71.3 Å². The second-order valence-electron chi connectivity index (χ2n) is 9.44. The van der Waals surface area contributed by atoms with Crippen molar-refractivity contribution in [2.24, 2.45) is 5.73 Å². The Hall–Kier alpha value is -5.10. The van der Waals surface area contributed by atoms with Gasteiger partial charge in [0, 0.05) is 29.4 Å². The molecule has 1 heterocycles. The molecule has 12 heteroatoms. The minimum Gasteiger partial charge on any atom is -0.493 e. The van der Waals surface area contributed by atoms with Crippen LogP contribution in [-0.2, 0) is 9.59 Å². The second kappa shape index (κ2) is 13.0. The van der Waals surface area contributed by atoms with Crippen LogP contribution in [0.4, 0.5) is 11.4 Å². The van der Waals surface area contributed by atoms with Gasteiger partial charge in [0.15, 0.2) is 17.3 Å². The van der Waals surface area contributed by atoms with Crippen LogP contribution in [0.1, 0.15) is 51.6 Å². The molecular weight excluding hydrogens is 546 g/mol. The predicted octanol–water partition coefficient (Wildman–Crippen LogP) is 3.80. The van der Waals surface area contributed by atoms with Crippen molar-refractivity contribution in [1.82, 2.24) is 0 Å². The lowest BCUT2D eigenvalue weighted by Crippen LogP contribution is -2.36. The van der Waals surface area contributed by atoms with E-state index in [0.29, 0.717) is 34.2 Å². The van der Waals surface area contributed by atoms with Crippen LogP contribution in [0.5, 0.6) is 23.0 Å². The number of nitrogens with one attached hydrogen (secondary N) is 2. The van der Waals surface area contributed by atoms with Crippen LogP contribution in [0.3, 0.4) is 0 Å². The Labute approximate surface area is 241 Å². The fourth-order valence-corrected chi connectivity index (χ4v) is 4.55. The predicted molar refractivity (Wildman–Crippen MR) is 153 cm³/mol. The summed E-state index contributed by atoms with van der Waals surface area (Å²) < 4.78 is 22.4. The minimum absolute atomic E-state index is 0.0190. The molecule has 1 aliphatic heterocycles. The van der Waals surface area contributed by atoms with E-state index < -0.39 is 29.9 Å². The number of nitrogens with two attached hydrogens (primary N) is 1. The van der Waals surface area contributed by atoms with Crippen LogP contribution >= 0.6 is 0 Å². The molecule has 1 unspecified atom stereocenters. The maximum atomic E-state index is 13.2. The molecule has 0 saturated heterocycles. The third-order valence-electron chi connectivity index (χ3n) is 6.63. The lowest BCUT2D eigenvalue weighted by molar-refractivity contribution is -0.137. The highest BCUT2D eigenvalue weighted by atomic mass is 16.5. The molecule has 42 heavy (non-hydrogen) atoms. The van der Waals surface area contributed by atoms with Gasteiger partial charge in [-0.2, -0.15) is 0 Å². The number of anilines is 2. The van der Waals surface area contributed by atoms with Crippen LogP contribution in [0.25, 0.3) is 0 Å². The molecular formula is C30H31N3O9. The average molecular weight is 578 g/mol. The van der Waals surface area contributed by atoms with Gasteiger partial charge in [0.25, 0.3) is 5.91 Å². The quantitative estimate of drug-likeness (QED) is 0.262. The largest absolute Gasteiger partial charge is 0.493 e. The zero-order valence-electron chi connectivity index (χ0n) is 23.3. The number of benzene rings is 3. The van der Waals surface area contributed by atoms with Gasteiger partial charge in [-0.05, 0) is 42.3 Å². The van der Waals surface area contributed by atoms with Gasteiger partial charge in [-0.15, -0.1) is 0 Å². The summed E-state index contributed by atoms with van der Waals surface area (Å²) in [6.07, 6.45) is -0.852. The number of fused-ring (bicyclic) bond motifs is 1. The standard InChI is InChI=1S/C30H31N3O9/c1-39-24-15-23-26(28(41-3)27(24)40-2)21(34)14-22(42-23)16-6-4-8-18(12-16)32-29(37)17-7-5-9-19(13-17)33-30(38)20(31)10-11-25(35)36/h4-9,12-13,15,20,22H,10-11,14,31H2,1-3H3,(H,32,37)(H,33,38)(H,35,36)/t20-,22?/m0/s1. The fourth-order valence-electron chi connectivity index (χ4n) is 4.55. The zero-order chi connectivity index (χ0) is 30.4. The molecule has 5 N–H and O–H groups in total. The van der Waals surface area contributed by atoms with E-state index in [-0.39, 0.29) is 41.9 Å². The number of rotatable bonds is 11. The van der Waals surface area contributed by atoms with Crippen LogP contribution in [-0.4, -0.2) is 56.0 Å². The van der Waals surface area contributed by atoms with Crippen molar-refractivity contribution in [2.75, 3.05) is 32.0 Å². The van der Waals surface area contributed by atoms with E-state index in [2.05, 4.69) is 10.6 Å². The molecule has 2 amide bonds. The van der Waals surface area contributed by atoms with E-state index in [1.807, 2.05) is 0 Å². The molecule has 2 atom stereocenters. The Morgan fingerprint density at radius 2 is 1.67 bits per heavy atom. The summed E-state index contributed by atoms with van der Waals surface area (Å²) in [6.45, 7) is 0. The molecule has 3 aromatic rings. The molecule has 0 saturated carbocycles. The van der Waals surface area contributed by atoms with E-state index in [0.717, 1.165) is 0 Å². The van der Waals surface area contributed by atoms with Gasteiger partial charge in [-0.25, -0.2) is 0 Å². The summed E-state index contributed by atoms with van der Waals surface area (Å²) in [6, 6.07) is 13.8. The summed E-state index contributed by atoms with van der Waals surface area (Å²) in [7, 11) is 4.36. The maximum Gasteiger partial charge on any atom is 0.303 e. The Morgan fingerprint density at radius 1 is 0.976 bits per heavy atom. The first-order chi connectivity index (χ1) is 20.1.